The largest absolute Gasteiger partial charge is 0.330 e. The molecule has 0 aromatic rings. The fraction of sp³-hybridized carbons (Fsp3) is 1.00. The lowest BCUT2D eigenvalue weighted by Crippen LogP contribution is -2.33. The lowest BCUT2D eigenvalue weighted by Gasteiger charge is -2.18. The maximum atomic E-state index is 5.92. The molecule has 3 nitrogen and oxygen atoms in total. The van der Waals surface area contributed by atoms with Crippen molar-refractivity contribution in [3.63, 3.8) is 0 Å². The van der Waals surface area contributed by atoms with Gasteiger partial charge in [-0.25, -0.2) is 0 Å². The first-order valence-corrected chi connectivity index (χ1v) is 4.68. The van der Waals surface area contributed by atoms with Gasteiger partial charge in [0.25, 0.3) is 0 Å². The number of hydrogen-bond acceptors (Lipinski definition) is 3. The van der Waals surface area contributed by atoms with Crippen molar-refractivity contribution in [1.29, 1.82) is 0 Å². The molecule has 3 heteroatoms. The van der Waals surface area contributed by atoms with Gasteiger partial charge < -0.3 is 16.4 Å². The Kier molecular flexibility index (Phi) is 6.34. The van der Waals surface area contributed by atoms with Crippen LogP contribution < -0.4 is 11.5 Å². The molecule has 0 saturated heterocycles. The summed E-state index contributed by atoms with van der Waals surface area (Å²) >= 11 is 0. The second kappa shape index (κ2) is 6.40. The highest BCUT2D eigenvalue weighted by atomic mass is 15.0. The summed E-state index contributed by atoms with van der Waals surface area (Å²) in [6.07, 6.45) is 2.25. The van der Waals surface area contributed by atoms with Gasteiger partial charge in [-0.15, -0.1) is 0 Å². The molecule has 0 spiro atoms. The SMILES string of the molecule is CC(CN)C(N)CCCN(C)C. The summed E-state index contributed by atoms with van der Waals surface area (Å²) in [4.78, 5) is 2.18. The highest BCUT2D eigenvalue weighted by Gasteiger charge is 2.09. The molecule has 2 unspecified atom stereocenters. The Hall–Kier alpha value is -0.120. The van der Waals surface area contributed by atoms with E-state index in [0.29, 0.717) is 12.5 Å². The second-order valence-corrected chi connectivity index (χ2v) is 3.82. The summed E-state index contributed by atoms with van der Waals surface area (Å²) in [6, 6.07) is 0.273. The molecule has 0 amide bonds. The smallest absolute Gasteiger partial charge is 0.00770 e. The van der Waals surface area contributed by atoms with Crippen LogP contribution in [0.2, 0.25) is 0 Å². The van der Waals surface area contributed by atoms with E-state index in [-0.39, 0.29) is 6.04 Å². The van der Waals surface area contributed by atoms with Crippen molar-refractivity contribution in [2.75, 3.05) is 27.2 Å². The van der Waals surface area contributed by atoms with E-state index in [0.717, 1.165) is 13.0 Å². The topological polar surface area (TPSA) is 55.3 Å². The molecule has 0 fully saturated rings. The maximum absolute atomic E-state index is 5.92. The zero-order valence-electron chi connectivity index (χ0n) is 8.59. The number of rotatable bonds is 6. The molecule has 12 heavy (non-hydrogen) atoms. The van der Waals surface area contributed by atoms with Crippen LogP contribution in [0.15, 0.2) is 0 Å². The first kappa shape index (κ1) is 11.9. The van der Waals surface area contributed by atoms with E-state index in [9.17, 15) is 0 Å². The lowest BCUT2D eigenvalue weighted by molar-refractivity contribution is 0.360. The highest BCUT2D eigenvalue weighted by Crippen LogP contribution is 2.05. The zero-order valence-corrected chi connectivity index (χ0v) is 8.59. The van der Waals surface area contributed by atoms with Crippen LogP contribution in [0.25, 0.3) is 0 Å². The van der Waals surface area contributed by atoms with Crippen molar-refractivity contribution < 1.29 is 0 Å². The van der Waals surface area contributed by atoms with Crippen molar-refractivity contribution in [1.82, 2.24) is 4.90 Å². The fourth-order valence-corrected chi connectivity index (χ4v) is 1.10. The molecule has 0 heterocycles. The van der Waals surface area contributed by atoms with E-state index in [2.05, 4.69) is 25.9 Å². The Balaban J connectivity index is 3.37. The first-order chi connectivity index (χ1) is 5.57. The molecule has 0 aliphatic carbocycles. The van der Waals surface area contributed by atoms with Crippen LogP contribution in [0.4, 0.5) is 0 Å². The number of hydrogen-bond donors (Lipinski definition) is 2. The molecule has 0 aliphatic rings. The summed E-state index contributed by atoms with van der Waals surface area (Å²) in [6.45, 7) is 3.93. The predicted octanol–water partition coefficient (Wildman–Crippen LogP) is 0.250. The summed E-state index contributed by atoms with van der Waals surface area (Å²) < 4.78 is 0. The number of nitrogens with zero attached hydrogens (tertiary/aromatic N) is 1. The minimum absolute atomic E-state index is 0.273. The van der Waals surface area contributed by atoms with Crippen LogP contribution in [-0.2, 0) is 0 Å². The van der Waals surface area contributed by atoms with Gasteiger partial charge in [0.1, 0.15) is 0 Å². The Bertz CT molecular complexity index is 104. The van der Waals surface area contributed by atoms with Crippen molar-refractivity contribution in [2.45, 2.75) is 25.8 Å². The molecule has 0 bridgehead atoms. The maximum Gasteiger partial charge on any atom is 0.00770 e. The number of nitrogens with two attached hydrogens (primary N) is 2. The Morgan fingerprint density at radius 2 is 1.92 bits per heavy atom. The first-order valence-electron chi connectivity index (χ1n) is 4.68. The van der Waals surface area contributed by atoms with Gasteiger partial charge in [-0.05, 0) is 45.9 Å². The summed E-state index contributed by atoms with van der Waals surface area (Å²) in [5.74, 6) is 0.451. The monoisotopic (exact) mass is 173 g/mol. The summed E-state index contributed by atoms with van der Waals surface area (Å²) in [7, 11) is 4.16. The van der Waals surface area contributed by atoms with E-state index in [1.165, 1.54) is 6.42 Å². The normalized spacial score (nSPS) is 16.5. The second-order valence-electron chi connectivity index (χ2n) is 3.82. The van der Waals surface area contributed by atoms with Crippen molar-refractivity contribution in [3.8, 4) is 0 Å². The quantitative estimate of drug-likeness (QED) is 0.605. The molecule has 0 aromatic heterocycles. The van der Waals surface area contributed by atoms with Gasteiger partial charge in [0.05, 0.1) is 0 Å². The highest BCUT2D eigenvalue weighted by molar-refractivity contribution is 4.69. The van der Waals surface area contributed by atoms with E-state index < -0.39 is 0 Å². The zero-order chi connectivity index (χ0) is 9.56. The third kappa shape index (κ3) is 5.52. The predicted molar refractivity (Wildman–Crippen MR) is 54.0 cm³/mol. The van der Waals surface area contributed by atoms with Gasteiger partial charge >= 0.3 is 0 Å². The molecular weight excluding hydrogens is 150 g/mol. The van der Waals surface area contributed by atoms with Crippen LogP contribution >= 0.6 is 0 Å². The fourth-order valence-electron chi connectivity index (χ4n) is 1.10. The van der Waals surface area contributed by atoms with Gasteiger partial charge in [0.2, 0.25) is 0 Å². The van der Waals surface area contributed by atoms with Crippen LogP contribution in [-0.4, -0.2) is 38.1 Å². The van der Waals surface area contributed by atoms with Crippen LogP contribution in [0.1, 0.15) is 19.8 Å². The molecule has 4 N–H and O–H groups in total. The van der Waals surface area contributed by atoms with Crippen LogP contribution in [0.3, 0.4) is 0 Å². The molecule has 0 rings (SSSR count). The van der Waals surface area contributed by atoms with Gasteiger partial charge in [0.15, 0.2) is 0 Å². The minimum atomic E-state index is 0.273. The van der Waals surface area contributed by atoms with Crippen LogP contribution in [0.5, 0.6) is 0 Å². The summed E-state index contributed by atoms with van der Waals surface area (Å²) in [5.41, 5.74) is 11.4. The van der Waals surface area contributed by atoms with Gasteiger partial charge in [-0.2, -0.15) is 0 Å². The Morgan fingerprint density at radius 1 is 1.33 bits per heavy atom. The van der Waals surface area contributed by atoms with E-state index in [1.54, 1.807) is 0 Å². The third-order valence-corrected chi connectivity index (χ3v) is 2.25. The molecule has 0 aliphatic heterocycles. The van der Waals surface area contributed by atoms with E-state index in [4.69, 9.17) is 11.5 Å². The lowest BCUT2D eigenvalue weighted by atomic mass is 9.98. The molecule has 0 radical (unpaired) electrons. The van der Waals surface area contributed by atoms with Gasteiger partial charge in [0, 0.05) is 6.04 Å². The molecular formula is C9H23N3. The van der Waals surface area contributed by atoms with Crippen molar-refractivity contribution in [2.24, 2.45) is 17.4 Å². The van der Waals surface area contributed by atoms with E-state index >= 15 is 0 Å². The third-order valence-electron chi connectivity index (χ3n) is 2.25. The van der Waals surface area contributed by atoms with Gasteiger partial charge in [-0.3, -0.25) is 0 Å². The summed E-state index contributed by atoms with van der Waals surface area (Å²) in [5, 5.41) is 0. The van der Waals surface area contributed by atoms with Crippen LogP contribution in [0, 0.1) is 5.92 Å². The molecule has 74 valence electrons. The molecule has 0 aromatic carbocycles. The van der Waals surface area contributed by atoms with Crippen molar-refractivity contribution >= 4 is 0 Å². The molecule has 0 saturated carbocycles. The average Bonchev–Trinajstić information content (AvgIpc) is 2.02. The van der Waals surface area contributed by atoms with Crippen molar-refractivity contribution in [3.05, 3.63) is 0 Å². The standard InChI is InChI=1S/C9H23N3/c1-8(7-10)9(11)5-4-6-12(2)3/h8-9H,4-7,10-11H2,1-3H3. The Labute approximate surface area is 76.1 Å². The van der Waals surface area contributed by atoms with Gasteiger partial charge in [-0.1, -0.05) is 6.92 Å². The van der Waals surface area contributed by atoms with E-state index in [1.807, 2.05) is 0 Å². The minimum Gasteiger partial charge on any atom is -0.330 e. The molecule has 2 atom stereocenters. The Morgan fingerprint density at radius 3 is 2.33 bits per heavy atom. The average molecular weight is 173 g/mol.